The van der Waals surface area contributed by atoms with Gasteiger partial charge < -0.3 is 20.0 Å². The number of carbonyl (C=O) groups is 1. The van der Waals surface area contributed by atoms with Crippen LogP contribution in [-0.4, -0.2) is 54.5 Å². The van der Waals surface area contributed by atoms with Gasteiger partial charge in [0, 0.05) is 51.1 Å². The molecule has 1 aliphatic rings. The van der Waals surface area contributed by atoms with Gasteiger partial charge in [-0.05, 0) is 25.5 Å². The predicted molar refractivity (Wildman–Crippen MR) is 110 cm³/mol. The Morgan fingerprint density at radius 1 is 1.36 bits per heavy atom. The van der Waals surface area contributed by atoms with Crippen molar-refractivity contribution in [3.63, 3.8) is 0 Å². The summed E-state index contributed by atoms with van der Waals surface area (Å²) in [5, 5.41) is 6.71. The van der Waals surface area contributed by atoms with Crippen molar-refractivity contribution in [1.82, 2.24) is 20.5 Å². The van der Waals surface area contributed by atoms with E-state index in [1.54, 1.807) is 13.3 Å². The minimum Gasteiger partial charge on any atom is -0.444 e. The van der Waals surface area contributed by atoms with Gasteiger partial charge in [0.25, 0.3) is 0 Å². The molecule has 7 heteroatoms. The van der Waals surface area contributed by atoms with E-state index in [2.05, 4.69) is 39.7 Å². The second-order valence-electron chi connectivity index (χ2n) is 7.08. The van der Waals surface area contributed by atoms with Crippen LogP contribution < -0.4 is 10.6 Å². The molecule has 1 unspecified atom stereocenters. The van der Waals surface area contributed by atoms with Crippen LogP contribution in [0.3, 0.4) is 0 Å². The average molecular weight is 383 g/mol. The Kier molecular flexibility index (Phi) is 6.68. The molecule has 1 saturated heterocycles. The lowest BCUT2D eigenvalue weighted by atomic mass is 10.1. The molecule has 1 fully saturated rings. The highest BCUT2D eigenvalue weighted by Gasteiger charge is 2.25. The molecule has 1 atom stereocenters. The molecular formula is C21H29N5O2. The number of amides is 1. The van der Waals surface area contributed by atoms with Crippen molar-refractivity contribution in [3.8, 4) is 11.5 Å². The monoisotopic (exact) mass is 383 g/mol. The van der Waals surface area contributed by atoms with Crippen LogP contribution in [0, 0.1) is 6.92 Å². The molecule has 2 aromatic rings. The summed E-state index contributed by atoms with van der Waals surface area (Å²) >= 11 is 0. The number of aryl methyl sites for hydroxylation is 1. The maximum atomic E-state index is 11.8. The van der Waals surface area contributed by atoms with E-state index in [1.165, 1.54) is 5.56 Å². The molecule has 28 heavy (non-hydrogen) atoms. The van der Waals surface area contributed by atoms with E-state index in [9.17, 15) is 4.79 Å². The van der Waals surface area contributed by atoms with Crippen LogP contribution in [0.4, 0.5) is 0 Å². The summed E-state index contributed by atoms with van der Waals surface area (Å²) in [4.78, 5) is 22.6. The topological polar surface area (TPSA) is 82.8 Å². The first-order valence-electron chi connectivity index (χ1n) is 9.85. The van der Waals surface area contributed by atoms with Crippen molar-refractivity contribution in [2.75, 3.05) is 26.7 Å². The molecule has 0 aliphatic carbocycles. The number of aromatic nitrogens is 1. The Hall–Kier alpha value is -2.83. The second kappa shape index (κ2) is 9.39. The minimum atomic E-state index is 0.211. The van der Waals surface area contributed by atoms with Gasteiger partial charge >= 0.3 is 0 Å². The molecule has 0 bridgehead atoms. The van der Waals surface area contributed by atoms with Crippen LogP contribution in [0.25, 0.3) is 11.5 Å². The van der Waals surface area contributed by atoms with E-state index >= 15 is 0 Å². The first-order valence-corrected chi connectivity index (χ1v) is 9.85. The number of carbonyl (C=O) groups excluding carboxylic acids is 1. The third kappa shape index (κ3) is 5.12. The summed E-state index contributed by atoms with van der Waals surface area (Å²) in [5.74, 6) is 1.60. The van der Waals surface area contributed by atoms with Crippen molar-refractivity contribution < 1.29 is 9.21 Å². The molecule has 1 aromatic heterocycles. The fourth-order valence-corrected chi connectivity index (χ4v) is 3.28. The van der Waals surface area contributed by atoms with Gasteiger partial charge in [-0.25, -0.2) is 4.98 Å². The highest BCUT2D eigenvalue weighted by Crippen LogP contribution is 2.19. The highest BCUT2D eigenvalue weighted by molar-refractivity contribution is 5.80. The van der Waals surface area contributed by atoms with E-state index in [-0.39, 0.29) is 11.9 Å². The lowest BCUT2D eigenvalue weighted by Crippen LogP contribution is -2.45. The van der Waals surface area contributed by atoms with E-state index in [4.69, 9.17) is 4.42 Å². The predicted octanol–water partition coefficient (Wildman–Crippen LogP) is 2.37. The standard InChI is InChI=1S/C21H29N5O2/c1-4-19(27)26-12-10-17(13-26)25-21(22-3)23-11-9-18-14-28-20(24-18)16-7-5-15(2)6-8-16/h5-8,14,17H,4,9-13H2,1-3H3,(H2,22,23,25). The Balaban J connectivity index is 1.45. The van der Waals surface area contributed by atoms with Crippen LogP contribution in [0.5, 0.6) is 0 Å². The number of benzene rings is 1. The summed E-state index contributed by atoms with van der Waals surface area (Å²) in [5.41, 5.74) is 3.09. The second-order valence-corrected chi connectivity index (χ2v) is 7.08. The number of hydrogen-bond donors (Lipinski definition) is 2. The Morgan fingerprint density at radius 2 is 2.14 bits per heavy atom. The smallest absolute Gasteiger partial charge is 0.226 e. The van der Waals surface area contributed by atoms with Crippen molar-refractivity contribution >= 4 is 11.9 Å². The third-order valence-electron chi connectivity index (χ3n) is 4.93. The van der Waals surface area contributed by atoms with Gasteiger partial charge in [-0.3, -0.25) is 9.79 Å². The fourth-order valence-electron chi connectivity index (χ4n) is 3.28. The van der Waals surface area contributed by atoms with Gasteiger partial charge in [-0.1, -0.05) is 24.6 Å². The maximum absolute atomic E-state index is 11.8. The summed E-state index contributed by atoms with van der Waals surface area (Å²) < 4.78 is 5.60. The first-order chi connectivity index (χ1) is 13.6. The van der Waals surface area contributed by atoms with Crippen molar-refractivity contribution in [3.05, 3.63) is 41.8 Å². The zero-order valence-corrected chi connectivity index (χ0v) is 16.9. The number of oxazole rings is 1. The summed E-state index contributed by atoms with van der Waals surface area (Å²) in [7, 11) is 1.75. The van der Waals surface area contributed by atoms with Gasteiger partial charge in [0.2, 0.25) is 11.8 Å². The Bertz CT molecular complexity index is 812. The molecule has 7 nitrogen and oxygen atoms in total. The third-order valence-corrected chi connectivity index (χ3v) is 4.93. The molecular weight excluding hydrogens is 354 g/mol. The largest absolute Gasteiger partial charge is 0.444 e. The van der Waals surface area contributed by atoms with E-state index in [1.807, 2.05) is 24.0 Å². The number of rotatable bonds is 6. The molecule has 1 aromatic carbocycles. The van der Waals surface area contributed by atoms with Crippen LogP contribution in [0.15, 0.2) is 39.9 Å². The fraction of sp³-hybridized carbons (Fsp3) is 0.476. The van der Waals surface area contributed by atoms with Crippen molar-refractivity contribution in [2.45, 2.75) is 39.2 Å². The zero-order chi connectivity index (χ0) is 19.9. The van der Waals surface area contributed by atoms with Gasteiger partial charge in [0.1, 0.15) is 6.26 Å². The van der Waals surface area contributed by atoms with E-state index in [0.717, 1.165) is 43.1 Å². The normalized spacial score (nSPS) is 17.0. The SMILES string of the molecule is CCC(=O)N1CCC(NC(=NC)NCCc2coc(-c3ccc(C)cc3)n2)C1. The molecule has 3 rings (SSSR count). The van der Waals surface area contributed by atoms with Crippen LogP contribution in [0.1, 0.15) is 31.0 Å². The molecule has 1 amide bonds. The molecule has 0 saturated carbocycles. The van der Waals surface area contributed by atoms with E-state index in [0.29, 0.717) is 18.9 Å². The highest BCUT2D eigenvalue weighted by atomic mass is 16.3. The molecule has 1 aliphatic heterocycles. The number of guanidine groups is 1. The molecule has 0 radical (unpaired) electrons. The van der Waals surface area contributed by atoms with Gasteiger partial charge in [-0.2, -0.15) is 0 Å². The van der Waals surface area contributed by atoms with Gasteiger partial charge in [0.05, 0.1) is 5.69 Å². The lowest BCUT2D eigenvalue weighted by Gasteiger charge is -2.18. The minimum absolute atomic E-state index is 0.211. The van der Waals surface area contributed by atoms with Crippen LogP contribution >= 0.6 is 0 Å². The number of aliphatic imine (C=N–C) groups is 1. The van der Waals surface area contributed by atoms with Crippen molar-refractivity contribution in [2.24, 2.45) is 4.99 Å². The maximum Gasteiger partial charge on any atom is 0.226 e. The molecule has 0 spiro atoms. The van der Waals surface area contributed by atoms with Gasteiger partial charge in [0.15, 0.2) is 5.96 Å². The number of nitrogens with zero attached hydrogens (tertiary/aromatic N) is 3. The summed E-state index contributed by atoms with van der Waals surface area (Å²) in [6.45, 7) is 6.20. The number of hydrogen-bond acceptors (Lipinski definition) is 4. The quantitative estimate of drug-likeness (QED) is 0.591. The Labute approximate surface area is 166 Å². The molecule has 2 heterocycles. The number of nitrogens with one attached hydrogen (secondary N) is 2. The summed E-state index contributed by atoms with van der Waals surface area (Å²) in [6.07, 6.45) is 3.94. The summed E-state index contributed by atoms with van der Waals surface area (Å²) in [6, 6.07) is 8.37. The van der Waals surface area contributed by atoms with Gasteiger partial charge in [-0.15, -0.1) is 0 Å². The molecule has 150 valence electrons. The first kappa shape index (κ1) is 19.9. The number of likely N-dealkylation sites (tertiary alicyclic amines) is 1. The van der Waals surface area contributed by atoms with Crippen molar-refractivity contribution in [1.29, 1.82) is 0 Å². The zero-order valence-electron chi connectivity index (χ0n) is 16.9. The van der Waals surface area contributed by atoms with E-state index < -0.39 is 0 Å². The van der Waals surface area contributed by atoms with Crippen LogP contribution in [0.2, 0.25) is 0 Å². The lowest BCUT2D eigenvalue weighted by molar-refractivity contribution is -0.129. The van der Waals surface area contributed by atoms with Crippen LogP contribution in [-0.2, 0) is 11.2 Å². The Morgan fingerprint density at radius 3 is 2.86 bits per heavy atom. The average Bonchev–Trinajstić information content (AvgIpc) is 3.37. The molecule has 2 N–H and O–H groups in total.